The first-order valence-corrected chi connectivity index (χ1v) is 5.39. The minimum absolute atomic E-state index is 0.336. The Kier molecular flexibility index (Phi) is 3.52. The molecule has 1 heterocycles. The van der Waals surface area contributed by atoms with Crippen molar-refractivity contribution in [3.05, 3.63) is 22.9 Å². The first kappa shape index (κ1) is 11.0. The molecule has 4 heteroatoms. The van der Waals surface area contributed by atoms with Gasteiger partial charge in [0.1, 0.15) is 5.03 Å². The second-order valence-corrected chi connectivity index (χ2v) is 4.25. The van der Waals surface area contributed by atoms with Crippen LogP contribution < -0.4 is 0 Å². The van der Waals surface area contributed by atoms with Crippen LogP contribution >= 0.6 is 11.8 Å². The number of nitrogens with zero attached hydrogens (tertiary/aromatic N) is 1. The predicted molar refractivity (Wildman–Crippen MR) is 57.1 cm³/mol. The number of aromatic nitrogens is 1. The number of carboxylic acids is 1. The zero-order chi connectivity index (χ0) is 10.7. The summed E-state index contributed by atoms with van der Waals surface area (Å²) >= 11 is 1.47. The molecule has 0 radical (unpaired) electrons. The number of carboxylic acid groups (broad SMARTS) is 1. The highest BCUT2D eigenvalue weighted by atomic mass is 32.2. The van der Waals surface area contributed by atoms with E-state index >= 15 is 0 Å². The Morgan fingerprint density at radius 2 is 2.21 bits per heavy atom. The molecular weight excluding hydrogens is 198 g/mol. The van der Waals surface area contributed by atoms with Crippen molar-refractivity contribution in [2.24, 2.45) is 0 Å². The topological polar surface area (TPSA) is 50.2 Å². The summed E-state index contributed by atoms with van der Waals surface area (Å²) in [6.07, 6.45) is 0. The highest BCUT2D eigenvalue weighted by molar-refractivity contribution is 7.99. The van der Waals surface area contributed by atoms with Crippen molar-refractivity contribution < 1.29 is 9.90 Å². The second kappa shape index (κ2) is 4.46. The van der Waals surface area contributed by atoms with E-state index < -0.39 is 5.97 Å². The number of pyridine rings is 1. The van der Waals surface area contributed by atoms with E-state index in [1.807, 2.05) is 13.8 Å². The molecule has 1 aromatic heterocycles. The zero-order valence-corrected chi connectivity index (χ0v) is 9.31. The fourth-order valence-electron chi connectivity index (χ4n) is 1.30. The largest absolute Gasteiger partial charge is 0.478 e. The van der Waals surface area contributed by atoms with E-state index in [0.29, 0.717) is 10.6 Å². The molecule has 0 spiro atoms. The fraction of sp³-hybridized carbons (Fsp3) is 0.400. The summed E-state index contributed by atoms with van der Waals surface area (Å²) in [5.74, 6) is -0.0677. The number of hydrogen-bond donors (Lipinski definition) is 1. The van der Waals surface area contributed by atoms with Gasteiger partial charge in [0.05, 0.1) is 5.56 Å². The number of thioether (sulfide) groups is 1. The zero-order valence-electron chi connectivity index (χ0n) is 8.50. The van der Waals surface area contributed by atoms with Gasteiger partial charge in [-0.15, -0.1) is 11.8 Å². The standard InChI is InChI=1S/C10H13NO2S/c1-4-14-9-8(10(12)13)6(2)5-7(3)11-9/h5H,4H2,1-3H3,(H,12,13). The molecule has 0 atom stereocenters. The van der Waals surface area contributed by atoms with Crippen molar-refractivity contribution in [2.45, 2.75) is 25.8 Å². The molecule has 1 aromatic rings. The lowest BCUT2D eigenvalue weighted by Crippen LogP contribution is -2.05. The van der Waals surface area contributed by atoms with E-state index in [0.717, 1.165) is 17.0 Å². The lowest BCUT2D eigenvalue weighted by atomic mass is 10.1. The van der Waals surface area contributed by atoms with Gasteiger partial charge in [-0.2, -0.15) is 0 Å². The molecule has 0 amide bonds. The molecule has 0 unspecified atom stereocenters. The van der Waals surface area contributed by atoms with Crippen molar-refractivity contribution in [3.8, 4) is 0 Å². The summed E-state index contributed by atoms with van der Waals surface area (Å²) in [6.45, 7) is 5.66. The number of aryl methyl sites for hydroxylation is 2. The first-order chi connectivity index (χ1) is 6.56. The predicted octanol–water partition coefficient (Wildman–Crippen LogP) is 2.51. The van der Waals surface area contributed by atoms with Gasteiger partial charge in [-0.1, -0.05) is 6.92 Å². The van der Waals surface area contributed by atoms with E-state index in [9.17, 15) is 4.79 Å². The van der Waals surface area contributed by atoms with Crippen molar-refractivity contribution in [2.75, 3.05) is 5.75 Å². The summed E-state index contributed by atoms with van der Waals surface area (Å²) in [6, 6.07) is 1.79. The SMILES string of the molecule is CCSc1nc(C)cc(C)c1C(=O)O. The third kappa shape index (κ3) is 2.26. The molecule has 1 rings (SSSR count). The maximum absolute atomic E-state index is 11.0. The summed E-state index contributed by atoms with van der Waals surface area (Å²) in [7, 11) is 0. The Labute approximate surface area is 87.6 Å². The van der Waals surface area contributed by atoms with Crippen LogP contribution in [-0.2, 0) is 0 Å². The number of carbonyl (C=O) groups is 1. The summed E-state index contributed by atoms with van der Waals surface area (Å²) in [5.41, 5.74) is 1.98. The van der Waals surface area contributed by atoms with Crippen molar-refractivity contribution in [1.82, 2.24) is 4.98 Å². The van der Waals surface area contributed by atoms with E-state index in [4.69, 9.17) is 5.11 Å². The average Bonchev–Trinajstić information content (AvgIpc) is 2.01. The quantitative estimate of drug-likeness (QED) is 0.780. The van der Waals surface area contributed by atoms with Gasteiger partial charge in [-0.05, 0) is 31.2 Å². The summed E-state index contributed by atoms with van der Waals surface area (Å²) in [5, 5.41) is 9.63. The molecule has 0 aliphatic carbocycles. The molecular formula is C10H13NO2S. The number of aromatic carboxylic acids is 1. The van der Waals surface area contributed by atoms with E-state index in [1.165, 1.54) is 11.8 Å². The minimum Gasteiger partial charge on any atom is -0.478 e. The average molecular weight is 211 g/mol. The third-order valence-corrected chi connectivity index (χ3v) is 2.66. The molecule has 0 aromatic carbocycles. The summed E-state index contributed by atoms with van der Waals surface area (Å²) < 4.78 is 0. The van der Waals surface area contributed by atoms with Gasteiger partial charge in [-0.25, -0.2) is 9.78 Å². The van der Waals surface area contributed by atoms with E-state index in [1.54, 1.807) is 13.0 Å². The van der Waals surface area contributed by atoms with Gasteiger partial charge in [0, 0.05) is 5.69 Å². The molecule has 0 bridgehead atoms. The van der Waals surface area contributed by atoms with Crippen LogP contribution in [0.3, 0.4) is 0 Å². The Morgan fingerprint density at radius 3 is 2.71 bits per heavy atom. The normalized spacial score (nSPS) is 10.2. The van der Waals surface area contributed by atoms with Crippen molar-refractivity contribution >= 4 is 17.7 Å². The molecule has 0 saturated carbocycles. The van der Waals surface area contributed by atoms with Crippen LogP contribution in [0.4, 0.5) is 0 Å². The molecule has 76 valence electrons. The van der Waals surface area contributed by atoms with E-state index in [-0.39, 0.29) is 0 Å². The number of rotatable bonds is 3. The maximum atomic E-state index is 11.0. The van der Waals surface area contributed by atoms with Gasteiger partial charge >= 0.3 is 5.97 Å². The van der Waals surface area contributed by atoms with Gasteiger partial charge in [0.25, 0.3) is 0 Å². The van der Waals surface area contributed by atoms with Crippen LogP contribution in [0, 0.1) is 13.8 Å². The lowest BCUT2D eigenvalue weighted by molar-refractivity contribution is 0.0691. The first-order valence-electron chi connectivity index (χ1n) is 4.40. The Bertz CT molecular complexity index is 363. The number of hydrogen-bond acceptors (Lipinski definition) is 3. The van der Waals surface area contributed by atoms with Crippen LogP contribution in [0.5, 0.6) is 0 Å². The van der Waals surface area contributed by atoms with Crippen LogP contribution in [0.1, 0.15) is 28.5 Å². The monoisotopic (exact) mass is 211 g/mol. The van der Waals surface area contributed by atoms with Gasteiger partial charge in [0.2, 0.25) is 0 Å². The fourth-order valence-corrected chi connectivity index (χ4v) is 2.18. The Balaban J connectivity index is 3.28. The molecule has 0 aliphatic heterocycles. The molecule has 3 nitrogen and oxygen atoms in total. The van der Waals surface area contributed by atoms with Crippen LogP contribution in [-0.4, -0.2) is 21.8 Å². The van der Waals surface area contributed by atoms with Crippen LogP contribution in [0.25, 0.3) is 0 Å². The van der Waals surface area contributed by atoms with Gasteiger partial charge < -0.3 is 5.11 Å². The molecule has 0 fully saturated rings. The van der Waals surface area contributed by atoms with Gasteiger partial charge in [-0.3, -0.25) is 0 Å². The van der Waals surface area contributed by atoms with Crippen LogP contribution in [0.2, 0.25) is 0 Å². The molecule has 14 heavy (non-hydrogen) atoms. The maximum Gasteiger partial charge on any atom is 0.338 e. The van der Waals surface area contributed by atoms with Crippen molar-refractivity contribution in [3.63, 3.8) is 0 Å². The lowest BCUT2D eigenvalue weighted by Gasteiger charge is -2.07. The molecule has 0 aliphatic rings. The molecule has 0 saturated heterocycles. The van der Waals surface area contributed by atoms with Gasteiger partial charge in [0.15, 0.2) is 0 Å². The minimum atomic E-state index is -0.897. The Morgan fingerprint density at radius 1 is 1.57 bits per heavy atom. The van der Waals surface area contributed by atoms with Crippen molar-refractivity contribution in [1.29, 1.82) is 0 Å². The second-order valence-electron chi connectivity index (χ2n) is 3.00. The summed E-state index contributed by atoms with van der Waals surface area (Å²) in [4.78, 5) is 15.2. The molecule has 1 N–H and O–H groups in total. The highest BCUT2D eigenvalue weighted by Gasteiger charge is 2.15. The van der Waals surface area contributed by atoms with E-state index in [2.05, 4.69) is 4.98 Å². The smallest absolute Gasteiger partial charge is 0.338 e. The highest BCUT2D eigenvalue weighted by Crippen LogP contribution is 2.23. The Hall–Kier alpha value is -1.03. The van der Waals surface area contributed by atoms with Crippen LogP contribution in [0.15, 0.2) is 11.1 Å². The third-order valence-electron chi connectivity index (χ3n) is 1.81.